The first-order valence-corrected chi connectivity index (χ1v) is 6.46. The van der Waals surface area contributed by atoms with Crippen LogP contribution in [0.25, 0.3) is 0 Å². The van der Waals surface area contributed by atoms with Crippen molar-refractivity contribution in [2.24, 2.45) is 0 Å². The standard InChI is InChI=1S/C16H18N2O/c1-12-7-9-14(10-8-12)15(17)16(19)18-11-13-5-3-2-4-6-13/h3,5-10,17H,2,4,11H2,1H3,(H,18,19). The normalized spacial score (nSPS) is 13.8. The molecule has 0 aromatic heterocycles. The Balaban J connectivity index is 1.92. The number of nitrogens with one attached hydrogen (secondary N) is 2. The maximum absolute atomic E-state index is 11.9. The molecule has 1 aromatic rings. The van der Waals surface area contributed by atoms with Gasteiger partial charge in [-0.15, -0.1) is 0 Å². The zero-order valence-electron chi connectivity index (χ0n) is 11.1. The average molecular weight is 254 g/mol. The number of carbonyl (C=O) groups is 1. The first-order valence-electron chi connectivity index (χ1n) is 6.46. The lowest BCUT2D eigenvalue weighted by Crippen LogP contribution is -2.32. The summed E-state index contributed by atoms with van der Waals surface area (Å²) in [7, 11) is 0. The summed E-state index contributed by atoms with van der Waals surface area (Å²) in [6.45, 7) is 2.47. The first-order chi connectivity index (χ1) is 9.16. The van der Waals surface area contributed by atoms with Gasteiger partial charge in [0.2, 0.25) is 0 Å². The molecule has 3 nitrogen and oxygen atoms in total. The van der Waals surface area contributed by atoms with E-state index in [0.717, 1.165) is 24.0 Å². The topological polar surface area (TPSA) is 53.0 Å². The van der Waals surface area contributed by atoms with E-state index in [1.54, 1.807) is 12.1 Å². The fourth-order valence-corrected chi connectivity index (χ4v) is 1.92. The van der Waals surface area contributed by atoms with E-state index in [0.29, 0.717) is 12.1 Å². The molecular formula is C16H18N2O. The number of hydrogen-bond donors (Lipinski definition) is 2. The highest BCUT2D eigenvalue weighted by Gasteiger charge is 2.11. The lowest BCUT2D eigenvalue weighted by molar-refractivity contribution is -0.114. The molecule has 1 aliphatic rings. The second-order valence-corrected chi connectivity index (χ2v) is 4.68. The van der Waals surface area contributed by atoms with Gasteiger partial charge in [-0.25, -0.2) is 0 Å². The van der Waals surface area contributed by atoms with Gasteiger partial charge in [0.05, 0.1) is 0 Å². The molecule has 0 saturated carbocycles. The van der Waals surface area contributed by atoms with Gasteiger partial charge in [-0.2, -0.15) is 0 Å². The van der Waals surface area contributed by atoms with Crippen molar-refractivity contribution in [1.82, 2.24) is 5.32 Å². The summed E-state index contributed by atoms with van der Waals surface area (Å²) < 4.78 is 0. The van der Waals surface area contributed by atoms with Gasteiger partial charge in [0.1, 0.15) is 5.71 Å². The summed E-state index contributed by atoms with van der Waals surface area (Å²) in [4.78, 5) is 11.9. The van der Waals surface area contributed by atoms with Crippen molar-refractivity contribution < 1.29 is 4.79 Å². The number of hydrogen-bond acceptors (Lipinski definition) is 2. The second-order valence-electron chi connectivity index (χ2n) is 4.68. The van der Waals surface area contributed by atoms with E-state index in [2.05, 4.69) is 17.5 Å². The third-order valence-electron chi connectivity index (χ3n) is 3.09. The molecule has 2 N–H and O–H groups in total. The number of aryl methyl sites for hydroxylation is 1. The van der Waals surface area contributed by atoms with Crippen LogP contribution in [0.5, 0.6) is 0 Å². The van der Waals surface area contributed by atoms with Gasteiger partial charge in [0, 0.05) is 12.1 Å². The number of allylic oxidation sites excluding steroid dienone is 2. The van der Waals surface area contributed by atoms with Crippen molar-refractivity contribution >= 4 is 11.6 Å². The lowest BCUT2D eigenvalue weighted by atomic mass is 10.1. The Hall–Kier alpha value is -2.16. The van der Waals surface area contributed by atoms with Gasteiger partial charge in [-0.3, -0.25) is 10.2 Å². The predicted molar refractivity (Wildman–Crippen MR) is 77.5 cm³/mol. The number of carbonyl (C=O) groups excluding carboxylic acids is 1. The van der Waals surface area contributed by atoms with Crippen molar-refractivity contribution in [3.05, 3.63) is 59.2 Å². The molecule has 0 aliphatic heterocycles. The van der Waals surface area contributed by atoms with Gasteiger partial charge < -0.3 is 5.32 Å². The molecular weight excluding hydrogens is 236 g/mol. The highest BCUT2D eigenvalue weighted by atomic mass is 16.1. The summed E-state index contributed by atoms with van der Waals surface area (Å²) in [5, 5.41) is 10.7. The molecule has 0 heterocycles. The minimum atomic E-state index is -0.330. The molecule has 3 heteroatoms. The molecule has 2 rings (SSSR count). The van der Waals surface area contributed by atoms with E-state index in [4.69, 9.17) is 5.41 Å². The zero-order chi connectivity index (χ0) is 13.7. The van der Waals surface area contributed by atoms with Gasteiger partial charge in [0.15, 0.2) is 0 Å². The number of rotatable bonds is 4. The second kappa shape index (κ2) is 6.14. The molecule has 98 valence electrons. The van der Waals surface area contributed by atoms with Gasteiger partial charge in [-0.1, -0.05) is 48.1 Å². The summed E-state index contributed by atoms with van der Waals surface area (Å²) in [6, 6.07) is 7.42. The van der Waals surface area contributed by atoms with Gasteiger partial charge in [-0.05, 0) is 25.3 Å². The molecule has 0 saturated heterocycles. The van der Waals surface area contributed by atoms with Crippen LogP contribution in [0.2, 0.25) is 0 Å². The van der Waals surface area contributed by atoms with Crippen LogP contribution in [0, 0.1) is 12.3 Å². The van der Waals surface area contributed by atoms with Crippen LogP contribution in [0.4, 0.5) is 0 Å². The van der Waals surface area contributed by atoms with Crippen LogP contribution >= 0.6 is 0 Å². The highest BCUT2D eigenvalue weighted by Crippen LogP contribution is 2.08. The lowest BCUT2D eigenvalue weighted by Gasteiger charge is -2.09. The van der Waals surface area contributed by atoms with Crippen LogP contribution < -0.4 is 5.32 Å². The van der Waals surface area contributed by atoms with E-state index in [9.17, 15) is 4.79 Å². The number of benzene rings is 1. The van der Waals surface area contributed by atoms with Gasteiger partial charge in [0.25, 0.3) is 5.91 Å². The molecule has 0 unspecified atom stereocenters. The molecule has 19 heavy (non-hydrogen) atoms. The van der Waals surface area contributed by atoms with Crippen LogP contribution in [0.1, 0.15) is 24.0 Å². The van der Waals surface area contributed by atoms with E-state index in [1.807, 2.05) is 25.1 Å². The van der Waals surface area contributed by atoms with Crippen LogP contribution in [-0.2, 0) is 4.79 Å². The molecule has 1 aromatic carbocycles. The Morgan fingerprint density at radius 1 is 1.26 bits per heavy atom. The Morgan fingerprint density at radius 2 is 2.00 bits per heavy atom. The highest BCUT2D eigenvalue weighted by molar-refractivity contribution is 6.44. The van der Waals surface area contributed by atoms with Crippen molar-refractivity contribution in [3.63, 3.8) is 0 Å². The van der Waals surface area contributed by atoms with E-state index in [1.165, 1.54) is 0 Å². The Bertz CT molecular complexity index is 538. The summed E-state index contributed by atoms with van der Waals surface area (Å²) in [5.41, 5.74) is 2.89. The smallest absolute Gasteiger partial charge is 0.270 e. The third-order valence-corrected chi connectivity index (χ3v) is 3.09. The number of amides is 1. The maximum Gasteiger partial charge on any atom is 0.270 e. The van der Waals surface area contributed by atoms with E-state index < -0.39 is 0 Å². The molecule has 1 aliphatic carbocycles. The fraction of sp³-hybridized carbons (Fsp3) is 0.250. The van der Waals surface area contributed by atoms with E-state index in [-0.39, 0.29) is 11.6 Å². The zero-order valence-corrected chi connectivity index (χ0v) is 11.1. The van der Waals surface area contributed by atoms with Crippen LogP contribution in [-0.4, -0.2) is 18.2 Å². The molecule has 0 bridgehead atoms. The third kappa shape index (κ3) is 3.65. The Kier molecular flexibility index (Phi) is 4.29. The van der Waals surface area contributed by atoms with Crippen molar-refractivity contribution in [2.45, 2.75) is 19.8 Å². The monoisotopic (exact) mass is 254 g/mol. The van der Waals surface area contributed by atoms with Gasteiger partial charge >= 0.3 is 0 Å². The molecule has 0 fully saturated rings. The van der Waals surface area contributed by atoms with E-state index >= 15 is 0 Å². The SMILES string of the molecule is Cc1ccc(C(=N)C(=O)NCC2=CCCC=C2)cc1. The van der Waals surface area contributed by atoms with Crippen LogP contribution in [0.3, 0.4) is 0 Å². The van der Waals surface area contributed by atoms with Crippen LogP contribution in [0.15, 0.2) is 48.1 Å². The minimum Gasteiger partial charge on any atom is -0.347 e. The van der Waals surface area contributed by atoms with Crippen molar-refractivity contribution in [2.75, 3.05) is 6.54 Å². The average Bonchev–Trinajstić information content (AvgIpc) is 2.46. The molecule has 0 spiro atoms. The largest absolute Gasteiger partial charge is 0.347 e. The Morgan fingerprint density at radius 3 is 2.63 bits per heavy atom. The van der Waals surface area contributed by atoms with Crippen molar-refractivity contribution in [1.29, 1.82) is 5.41 Å². The molecule has 0 radical (unpaired) electrons. The fourth-order valence-electron chi connectivity index (χ4n) is 1.92. The maximum atomic E-state index is 11.9. The molecule has 0 atom stereocenters. The summed E-state index contributed by atoms with van der Waals surface area (Å²) in [6.07, 6.45) is 8.34. The Labute approximate surface area is 113 Å². The summed E-state index contributed by atoms with van der Waals surface area (Å²) >= 11 is 0. The quantitative estimate of drug-likeness (QED) is 0.797. The van der Waals surface area contributed by atoms with Crippen molar-refractivity contribution in [3.8, 4) is 0 Å². The summed E-state index contributed by atoms with van der Waals surface area (Å²) in [5.74, 6) is -0.330. The predicted octanol–water partition coefficient (Wildman–Crippen LogP) is 2.76. The molecule has 1 amide bonds. The first kappa shape index (κ1) is 13.3. The minimum absolute atomic E-state index is 0.0142.